The average Bonchev–Trinajstić information content (AvgIpc) is 3.35. The number of thioether (sulfide) groups is 1. The Balaban J connectivity index is 1.03. The van der Waals surface area contributed by atoms with Crippen LogP contribution in [-0.2, 0) is 14.4 Å². The van der Waals surface area contributed by atoms with Crippen LogP contribution in [0, 0.1) is 58.7 Å². The number of amides is 3. The maximum atomic E-state index is 13.1. The van der Waals surface area contributed by atoms with E-state index in [4.69, 9.17) is 6.42 Å². The number of nitrogens with zero attached hydrogens (tertiary/aromatic N) is 1. The number of carbonyl (C=O) groups excluding carboxylic acids is 3. The lowest BCUT2D eigenvalue weighted by Gasteiger charge is -2.61. The number of β-lactam (4-membered cyclic amide) rings is 1. The second-order valence-corrected chi connectivity index (χ2v) is 16.4. The van der Waals surface area contributed by atoms with Crippen LogP contribution in [0.25, 0.3) is 0 Å². The van der Waals surface area contributed by atoms with Crippen LogP contribution in [0.2, 0.25) is 0 Å². The molecule has 11 atom stereocenters. The van der Waals surface area contributed by atoms with Gasteiger partial charge in [0.25, 0.3) is 11.8 Å². The molecule has 0 radical (unpaired) electrons. The summed E-state index contributed by atoms with van der Waals surface area (Å²) in [5, 5.41) is 15.8. The number of rotatable bonds is 7. The van der Waals surface area contributed by atoms with Crippen LogP contribution in [0.3, 0.4) is 0 Å². The molecule has 0 bridgehead atoms. The van der Waals surface area contributed by atoms with Gasteiger partial charge in [0.2, 0.25) is 5.91 Å². The van der Waals surface area contributed by atoms with Crippen molar-refractivity contribution >= 4 is 29.5 Å². The molecule has 6 aliphatic rings. The van der Waals surface area contributed by atoms with Crippen molar-refractivity contribution in [3.8, 4) is 12.3 Å². The van der Waals surface area contributed by atoms with Crippen LogP contribution in [0.1, 0.15) is 98.3 Å². The summed E-state index contributed by atoms with van der Waals surface area (Å²) in [4.78, 5) is 40.4. The second kappa shape index (κ2) is 11.7. The molecule has 3 amide bonds. The van der Waals surface area contributed by atoms with Crippen LogP contribution >= 0.6 is 11.8 Å². The van der Waals surface area contributed by atoms with E-state index in [1.54, 1.807) is 11.8 Å². The molecule has 4 saturated carbocycles. The molecule has 0 spiro atoms. The Morgan fingerprint density at radius 2 is 1.86 bits per heavy atom. The summed E-state index contributed by atoms with van der Waals surface area (Å²) in [5.74, 6) is 6.61. The van der Waals surface area contributed by atoms with Gasteiger partial charge in [-0.15, -0.1) is 18.2 Å². The summed E-state index contributed by atoms with van der Waals surface area (Å²) in [7, 11) is 0. The number of hydrogen-bond acceptors (Lipinski definition) is 5. The Kier molecular flexibility index (Phi) is 8.47. The lowest BCUT2D eigenvalue weighted by molar-refractivity contribution is -0.147. The first-order valence-corrected chi connectivity index (χ1v) is 17.9. The van der Waals surface area contributed by atoms with Gasteiger partial charge in [-0.2, -0.15) is 0 Å². The lowest BCUT2D eigenvalue weighted by atomic mass is 9.44. The molecule has 1 saturated heterocycles. The van der Waals surface area contributed by atoms with Gasteiger partial charge < -0.3 is 15.7 Å². The lowest BCUT2D eigenvalue weighted by Crippen LogP contribution is -2.70. The maximum absolute atomic E-state index is 13.1. The topological polar surface area (TPSA) is 98.7 Å². The van der Waals surface area contributed by atoms with E-state index in [2.05, 4.69) is 37.3 Å². The van der Waals surface area contributed by atoms with Crippen molar-refractivity contribution in [3.05, 3.63) is 11.3 Å². The fourth-order valence-corrected chi connectivity index (χ4v) is 12.3. The third kappa shape index (κ3) is 5.15. The van der Waals surface area contributed by atoms with Gasteiger partial charge in [0.1, 0.15) is 17.1 Å². The molecule has 0 aromatic rings. The van der Waals surface area contributed by atoms with Crippen LogP contribution in [0.5, 0.6) is 0 Å². The molecule has 8 heteroatoms. The Labute approximate surface area is 262 Å². The minimum Gasteiger partial charge on any atom is -0.393 e. The third-order valence-corrected chi connectivity index (χ3v) is 14.7. The van der Waals surface area contributed by atoms with Gasteiger partial charge in [0.15, 0.2) is 0 Å². The SMILES string of the molecule is C#CCNC(=O)C1=C(C)CSC2C(NC(=O)CCC(C)C3CCC4C5CCC6CC(O)CCC6(C)C5CCC34C)C(=O)N12. The van der Waals surface area contributed by atoms with Gasteiger partial charge in [0.05, 0.1) is 12.6 Å². The Bertz CT molecular complexity index is 1230. The standard InChI is InChI=1S/C35H51N3O4S/c1-6-17-36-31(41)30-21(3)19-43-33-29(32(42)38(30)33)37-28(40)12-7-20(2)25-10-11-26-24-9-8-22-18-23(39)13-15-34(22,4)27(24)14-16-35(25,26)5/h1,20,22-27,29,33,39H,7-19H2,2-5H3,(H,36,41)(H,37,40). The van der Waals surface area contributed by atoms with Crippen molar-refractivity contribution in [2.45, 2.75) is 116 Å². The quantitative estimate of drug-likeness (QED) is 0.283. The Morgan fingerprint density at radius 3 is 2.63 bits per heavy atom. The van der Waals surface area contributed by atoms with Gasteiger partial charge in [-0.25, -0.2) is 0 Å². The molecule has 236 valence electrons. The largest absolute Gasteiger partial charge is 0.393 e. The van der Waals surface area contributed by atoms with Crippen molar-refractivity contribution in [1.82, 2.24) is 15.5 Å². The van der Waals surface area contributed by atoms with E-state index < -0.39 is 6.04 Å². The minimum atomic E-state index is -0.586. The number of hydrogen-bond donors (Lipinski definition) is 3. The molecule has 3 N–H and O–H groups in total. The van der Waals surface area contributed by atoms with Crippen molar-refractivity contribution in [3.63, 3.8) is 0 Å². The molecular weight excluding hydrogens is 558 g/mol. The van der Waals surface area contributed by atoms with Gasteiger partial charge in [0, 0.05) is 12.2 Å². The first-order valence-electron chi connectivity index (χ1n) is 16.8. The highest BCUT2D eigenvalue weighted by atomic mass is 32.2. The zero-order valence-corrected chi connectivity index (χ0v) is 27.3. The van der Waals surface area contributed by atoms with Crippen molar-refractivity contribution < 1.29 is 19.5 Å². The molecule has 2 aliphatic heterocycles. The highest BCUT2D eigenvalue weighted by Crippen LogP contribution is 2.68. The first-order chi connectivity index (χ1) is 20.5. The van der Waals surface area contributed by atoms with Gasteiger partial charge in [-0.05, 0) is 123 Å². The molecule has 6 rings (SSSR count). The van der Waals surface area contributed by atoms with Crippen LogP contribution in [0.15, 0.2) is 11.3 Å². The fraction of sp³-hybridized carbons (Fsp3) is 0.800. The van der Waals surface area contributed by atoms with Crippen LogP contribution < -0.4 is 10.6 Å². The summed E-state index contributed by atoms with van der Waals surface area (Å²) in [6, 6.07) is -0.586. The monoisotopic (exact) mass is 609 g/mol. The van der Waals surface area contributed by atoms with Crippen LogP contribution in [0.4, 0.5) is 0 Å². The molecule has 43 heavy (non-hydrogen) atoms. The minimum absolute atomic E-state index is 0.0656. The first kappa shape index (κ1) is 31.0. The second-order valence-electron chi connectivity index (χ2n) is 15.3. The van der Waals surface area contributed by atoms with Gasteiger partial charge in [-0.1, -0.05) is 26.7 Å². The van der Waals surface area contributed by atoms with E-state index in [1.165, 1.54) is 49.8 Å². The normalized spacial score (nSPS) is 42.4. The van der Waals surface area contributed by atoms with E-state index in [0.717, 1.165) is 42.6 Å². The zero-order valence-electron chi connectivity index (χ0n) is 26.5. The van der Waals surface area contributed by atoms with E-state index in [9.17, 15) is 19.5 Å². The highest BCUT2D eigenvalue weighted by Gasteiger charge is 2.60. The molecule has 0 aromatic heterocycles. The van der Waals surface area contributed by atoms with Gasteiger partial charge in [-0.3, -0.25) is 19.3 Å². The fourth-order valence-electron chi connectivity index (χ4n) is 11.0. The molecule has 2 heterocycles. The summed E-state index contributed by atoms with van der Waals surface area (Å²) in [5.41, 5.74) is 1.97. The number of nitrogens with one attached hydrogen (secondary N) is 2. The molecule has 0 aromatic carbocycles. The Hall–Kier alpha value is -1.98. The molecule has 11 unspecified atom stereocenters. The number of fused-ring (bicyclic) bond motifs is 6. The van der Waals surface area contributed by atoms with Gasteiger partial charge >= 0.3 is 0 Å². The van der Waals surface area contributed by atoms with Crippen molar-refractivity contribution in [2.24, 2.45) is 46.3 Å². The van der Waals surface area contributed by atoms with E-state index in [0.29, 0.717) is 46.5 Å². The number of terminal acetylenes is 1. The average molecular weight is 610 g/mol. The zero-order chi connectivity index (χ0) is 30.7. The van der Waals surface area contributed by atoms with Crippen LogP contribution in [-0.4, -0.2) is 57.5 Å². The van der Waals surface area contributed by atoms with Crippen molar-refractivity contribution in [1.29, 1.82) is 0 Å². The highest BCUT2D eigenvalue weighted by molar-refractivity contribution is 8.00. The maximum Gasteiger partial charge on any atom is 0.268 e. The summed E-state index contributed by atoms with van der Waals surface area (Å²) in [6.45, 7) is 9.44. The van der Waals surface area contributed by atoms with E-state index in [1.807, 2.05) is 6.92 Å². The molecular formula is C35H51N3O4S. The summed E-state index contributed by atoms with van der Waals surface area (Å²) < 4.78 is 0. The predicted octanol–water partition coefficient (Wildman–Crippen LogP) is 4.85. The molecule has 7 nitrogen and oxygen atoms in total. The molecule has 4 aliphatic carbocycles. The van der Waals surface area contributed by atoms with Crippen molar-refractivity contribution in [2.75, 3.05) is 12.3 Å². The third-order valence-electron chi connectivity index (χ3n) is 13.3. The van der Waals surface area contributed by atoms with E-state index in [-0.39, 0.29) is 35.7 Å². The smallest absolute Gasteiger partial charge is 0.268 e. The van der Waals surface area contributed by atoms with E-state index >= 15 is 0 Å². The Morgan fingerprint density at radius 1 is 1.12 bits per heavy atom. The summed E-state index contributed by atoms with van der Waals surface area (Å²) in [6.07, 6.45) is 17.4. The number of carbonyl (C=O) groups is 3. The number of aliphatic hydroxyl groups excluding tert-OH is 1. The predicted molar refractivity (Wildman–Crippen MR) is 169 cm³/mol. The molecule has 5 fully saturated rings. The summed E-state index contributed by atoms with van der Waals surface area (Å²) >= 11 is 1.59. The number of aliphatic hydroxyl groups is 1.